The molecule has 0 atom stereocenters. The fourth-order valence-corrected chi connectivity index (χ4v) is 3.81. The molecule has 0 unspecified atom stereocenters. The summed E-state index contributed by atoms with van der Waals surface area (Å²) in [4.78, 5) is 17.4. The van der Waals surface area contributed by atoms with Crippen molar-refractivity contribution in [3.05, 3.63) is 35.9 Å². The Morgan fingerprint density at radius 3 is 2.48 bits per heavy atom. The van der Waals surface area contributed by atoms with E-state index >= 15 is 0 Å². The molecule has 29 heavy (non-hydrogen) atoms. The number of amides is 1. The molecule has 0 radical (unpaired) electrons. The maximum absolute atomic E-state index is 13.1. The molecule has 2 fully saturated rings. The number of morpholine rings is 1. The molecule has 1 aromatic carbocycles. The number of carbonyl (C=O) groups excluding carboxylic acids is 1. The topological polar surface area (TPSA) is 58.8 Å². The van der Waals surface area contributed by atoms with E-state index in [4.69, 9.17) is 9.26 Å². The molecular weight excluding hydrogens is 366 g/mol. The summed E-state index contributed by atoms with van der Waals surface area (Å²) in [6, 6.07) is 10.4. The minimum atomic E-state index is -0.0336. The SMILES string of the molecule is CC(C)(C)CC(=O)N(Cc1c(-c2ccccc2)noc1N1CCOCC1)C1CC1. The van der Waals surface area contributed by atoms with Crippen LogP contribution in [0.4, 0.5) is 5.88 Å². The number of benzene rings is 1. The quantitative estimate of drug-likeness (QED) is 0.734. The average Bonchev–Trinajstić information content (AvgIpc) is 3.45. The van der Waals surface area contributed by atoms with Gasteiger partial charge in [0.15, 0.2) is 0 Å². The zero-order valence-corrected chi connectivity index (χ0v) is 17.7. The zero-order valence-electron chi connectivity index (χ0n) is 17.7. The van der Waals surface area contributed by atoms with Crippen LogP contribution in [0.5, 0.6) is 0 Å². The fraction of sp³-hybridized carbons (Fsp3) is 0.565. The number of ether oxygens (including phenoxy) is 1. The standard InChI is InChI=1S/C23H31N3O3/c1-23(2,3)15-20(27)26(18-9-10-18)16-19-21(17-7-5-4-6-8-17)24-29-22(19)25-11-13-28-14-12-25/h4-8,18H,9-16H2,1-3H3. The van der Waals surface area contributed by atoms with Gasteiger partial charge in [-0.1, -0.05) is 56.3 Å². The van der Waals surface area contributed by atoms with Crippen molar-refractivity contribution in [2.24, 2.45) is 5.41 Å². The largest absolute Gasteiger partial charge is 0.378 e. The summed E-state index contributed by atoms with van der Waals surface area (Å²) in [5.41, 5.74) is 2.83. The summed E-state index contributed by atoms with van der Waals surface area (Å²) in [5, 5.41) is 4.43. The van der Waals surface area contributed by atoms with Gasteiger partial charge in [0.1, 0.15) is 5.69 Å². The molecule has 1 aliphatic heterocycles. The molecule has 1 saturated carbocycles. The smallest absolute Gasteiger partial charge is 0.233 e. The Balaban J connectivity index is 1.67. The molecule has 1 amide bonds. The number of rotatable bonds is 6. The van der Waals surface area contributed by atoms with Gasteiger partial charge >= 0.3 is 0 Å². The lowest BCUT2D eigenvalue weighted by molar-refractivity contribution is -0.134. The Hall–Kier alpha value is -2.34. The molecule has 4 rings (SSSR count). The second-order valence-electron chi connectivity index (χ2n) is 9.27. The normalized spacial score (nSPS) is 17.4. The minimum Gasteiger partial charge on any atom is -0.378 e. The second kappa shape index (κ2) is 8.19. The van der Waals surface area contributed by atoms with E-state index in [9.17, 15) is 4.79 Å². The van der Waals surface area contributed by atoms with Crippen LogP contribution < -0.4 is 4.90 Å². The molecule has 0 bridgehead atoms. The predicted molar refractivity (Wildman–Crippen MR) is 113 cm³/mol. The molecule has 0 spiro atoms. The Morgan fingerprint density at radius 2 is 1.86 bits per heavy atom. The number of anilines is 1. The van der Waals surface area contributed by atoms with Crippen LogP contribution in [-0.2, 0) is 16.1 Å². The van der Waals surface area contributed by atoms with Crippen LogP contribution in [0.25, 0.3) is 11.3 Å². The molecule has 6 heteroatoms. The number of hydrogen-bond acceptors (Lipinski definition) is 5. The van der Waals surface area contributed by atoms with Gasteiger partial charge in [-0.2, -0.15) is 0 Å². The van der Waals surface area contributed by atoms with Gasteiger partial charge < -0.3 is 19.1 Å². The zero-order chi connectivity index (χ0) is 20.4. The van der Waals surface area contributed by atoms with Gasteiger partial charge in [-0.3, -0.25) is 4.79 Å². The number of aromatic nitrogens is 1. The van der Waals surface area contributed by atoms with Gasteiger partial charge in [0, 0.05) is 31.1 Å². The van der Waals surface area contributed by atoms with Crippen LogP contribution in [0.2, 0.25) is 0 Å². The van der Waals surface area contributed by atoms with E-state index in [-0.39, 0.29) is 11.3 Å². The average molecular weight is 398 g/mol. The highest BCUT2D eigenvalue weighted by molar-refractivity contribution is 5.78. The van der Waals surface area contributed by atoms with E-state index < -0.39 is 0 Å². The summed E-state index contributed by atoms with van der Waals surface area (Å²) in [5.74, 6) is 0.995. The third-order valence-corrected chi connectivity index (χ3v) is 5.43. The van der Waals surface area contributed by atoms with E-state index in [0.717, 1.165) is 48.6 Å². The van der Waals surface area contributed by atoms with Crippen LogP contribution in [-0.4, -0.2) is 48.3 Å². The number of nitrogens with zero attached hydrogens (tertiary/aromatic N) is 3. The fourth-order valence-electron chi connectivity index (χ4n) is 3.81. The van der Waals surface area contributed by atoms with Crippen LogP contribution in [0.3, 0.4) is 0 Å². The minimum absolute atomic E-state index is 0.0336. The lowest BCUT2D eigenvalue weighted by Gasteiger charge is -2.29. The van der Waals surface area contributed by atoms with Crippen molar-refractivity contribution >= 4 is 11.8 Å². The molecule has 1 aromatic heterocycles. The van der Waals surface area contributed by atoms with Crippen molar-refractivity contribution in [1.82, 2.24) is 10.1 Å². The van der Waals surface area contributed by atoms with Gasteiger partial charge in [0.25, 0.3) is 0 Å². The Morgan fingerprint density at radius 1 is 1.17 bits per heavy atom. The highest BCUT2D eigenvalue weighted by Gasteiger charge is 2.36. The van der Waals surface area contributed by atoms with Crippen molar-refractivity contribution in [2.75, 3.05) is 31.2 Å². The predicted octanol–water partition coefficient (Wildman–Crippen LogP) is 4.11. The van der Waals surface area contributed by atoms with Crippen LogP contribution >= 0.6 is 0 Å². The van der Waals surface area contributed by atoms with Crippen LogP contribution in [0, 0.1) is 5.41 Å². The monoisotopic (exact) mass is 397 g/mol. The molecule has 0 N–H and O–H groups in total. The van der Waals surface area contributed by atoms with Crippen molar-refractivity contribution in [3.8, 4) is 11.3 Å². The summed E-state index contributed by atoms with van der Waals surface area (Å²) >= 11 is 0. The summed E-state index contributed by atoms with van der Waals surface area (Å²) < 4.78 is 11.4. The molecular formula is C23H31N3O3. The molecule has 1 saturated heterocycles. The first-order valence-electron chi connectivity index (χ1n) is 10.6. The van der Waals surface area contributed by atoms with E-state index in [2.05, 4.69) is 30.8 Å². The molecule has 2 aliphatic rings. The highest BCUT2D eigenvalue weighted by Crippen LogP contribution is 2.37. The second-order valence-corrected chi connectivity index (χ2v) is 9.27. The lowest BCUT2D eigenvalue weighted by atomic mass is 9.91. The summed E-state index contributed by atoms with van der Waals surface area (Å²) in [6.07, 6.45) is 2.70. The highest BCUT2D eigenvalue weighted by atomic mass is 16.5. The van der Waals surface area contributed by atoms with Gasteiger partial charge in [0.05, 0.1) is 25.3 Å². The van der Waals surface area contributed by atoms with Gasteiger partial charge in [0.2, 0.25) is 11.8 Å². The molecule has 2 aromatic rings. The maximum Gasteiger partial charge on any atom is 0.233 e. The Kier molecular flexibility index (Phi) is 5.63. The molecule has 1 aliphatic carbocycles. The van der Waals surface area contributed by atoms with E-state index in [1.807, 2.05) is 35.2 Å². The van der Waals surface area contributed by atoms with Gasteiger partial charge in [-0.05, 0) is 18.3 Å². The first-order valence-corrected chi connectivity index (χ1v) is 10.6. The van der Waals surface area contributed by atoms with E-state index in [1.54, 1.807) is 0 Å². The van der Waals surface area contributed by atoms with E-state index in [0.29, 0.717) is 32.2 Å². The lowest BCUT2D eigenvalue weighted by Crippen LogP contribution is -2.38. The van der Waals surface area contributed by atoms with Gasteiger partial charge in [-0.15, -0.1) is 0 Å². The van der Waals surface area contributed by atoms with Crippen molar-refractivity contribution in [3.63, 3.8) is 0 Å². The maximum atomic E-state index is 13.1. The summed E-state index contributed by atoms with van der Waals surface area (Å²) in [7, 11) is 0. The van der Waals surface area contributed by atoms with Crippen LogP contribution in [0.15, 0.2) is 34.9 Å². The van der Waals surface area contributed by atoms with Crippen molar-refractivity contribution < 1.29 is 14.1 Å². The van der Waals surface area contributed by atoms with Crippen LogP contribution in [0.1, 0.15) is 45.6 Å². The molecule has 2 heterocycles. The number of hydrogen-bond donors (Lipinski definition) is 0. The first-order chi connectivity index (χ1) is 13.9. The Labute approximate surface area is 172 Å². The third kappa shape index (κ3) is 4.81. The first kappa shape index (κ1) is 20.0. The van der Waals surface area contributed by atoms with Gasteiger partial charge in [-0.25, -0.2) is 0 Å². The van der Waals surface area contributed by atoms with Crippen molar-refractivity contribution in [1.29, 1.82) is 0 Å². The van der Waals surface area contributed by atoms with Crippen molar-refractivity contribution in [2.45, 2.75) is 52.6 Å². The third-order valence-electron chi connectivity index (χ3n) is 5.43. The van der Waals surface area contributed by atoms with E-state index in [1.165, 1.54) is 0 Å². The Bertz CT molecular complexity index is 831. The molecule has 6 nitrogen and oxygen atoms in total. The molecule has 156 valence electrons. The summed E-state index contributed by atoms with van der Waals surface area (Å²) in [6.45, 7) is 9.79. The number of carbonyl (C=O) groups is 1.